The van der Waals surface area contributed by atoms with Gasteiger partial charge in [-0.15, -0.1) is 0 Å². The van der Waals surface area contributed by atoms with Crippen molar-refractivity contribution in [1.29, 1.82) is 0 Å². The number of urea groups is 1. The third-order valence-electron chi connectivity index (χ3n) is 3.21. The molecule has 1 aliphatic heterocycles. The Morgan fingerprint density at radius 2 is 2.29 bits per heavy atom. The van der Waals surface area contributed by atoms with Gasteiger partial charge in [0.1, 0.15) is 6.54 Å². The zero-order valence-corrected chi connectivity index (χ0v) is 12.0. The summed E-state index contributed by atoms with van der Waals surface area (Å²) in [6, 6.07) is -1.20. The Kier molecular flexibility index (Phi) is 4.46. The quantitative estimate of drug-likeness (QED) is 0.651. The van der Waals surface area contributed by atoms with Gasteiger partial charge >= 0.3 is 12.0 Å². The van der Waals surface area contributed by atoms with Crippen LogP contribution in [0.3, 0.4) is 0 Å². The lowest BCUT2D eigenvalue weighted by molar-refractivity contribution is -0.138. The molecule has 1 atom stereocenters. The third-order valence-corrected chi connectivity index (χ3v) is 4.96. The number of amides is 2. The second kappa shape index (κ2) is 6.12. The van der Waals surface area contributed by atoms with Gasteiger partial charge in [-0.2, -0.15) is 5.10 Å². The minimum Gasteiger partial charge on any atom is -0.480 e. The molecule has 10 heteroatoms. The number of carboxylic acid groups (broad SMARTS) is 1. The molecule has 0 bridgehead atoms. The molecule has 1 aliphatic rings. The first-order chi connectivity index (χ1) is 9.87. The van der Waals surface area contributed by atoms with E-state index in [1.165, 1.54) is 6.20 Å². The summed E-state index contributed by atoms with van der Waals surface area (Å²) in [6.07, 6.45) is 3.39. The van der Waals surface area contributed by atoms with Crippen LogP contribution >= 0.6 is 0 Å². The zero-order valence-electron chi connectivity index (χ0n) is 11.2. The molecule has 0 radical (unpaired) electrons. The number of carbonyl (C=O) groups excluding carboxylic acids is 1. The van der Waals surface area contributed by atoms with Crippen LogP contribution < -0.4 is 5.32 Å². The van der Waals surface area contributed by atoms with E-state index in [9.17, 15) is 18.0 Å². The number of hydrogen-bond acceptors (Lipinski definition) is 5. The van der Waals surface area contributed by atoms with E-state index in [1.54, 1.807) is 6.20 Å². The van der Waals surface area contributed by atoms with Crippen molar-refractivity contribution >= 4 is 21.8 Å². The summed E-state index contributed by atoms with van der Waals surface area (Å²) < 4.78 is 23.0. The van der Waals surface area contributed by atoms with Crippen LogP contribution in [0.5, 0.6) is 0 Å². The Balaban J connectivity index is 2.01. The smallest absolute Gasteiger partial charge is 0.323 e. The first-order valence-electron chi connectivity index (χ1n) is 6.32. The fraction of sp³-hybridized carbons (Fsp3) is 0.545. The number of hydrogen-bond donors (Lipinski definition) is 3. The molecule has 0 aliphatic carbocycles. The standard InChI is InChI=1S/C11H16N4O5S/c16-10(17)6-15(9-1-2-21(19,20)7-9)11(18)12-3-8-4-13-14-5-8/h4-5,9H,1-3,6-7H2,(H,12,18)(H,13,14)(H,16,17). The van der Waals surface area contributed by atoms with Crippen LogP contribution in [0.15, 0.2) is 12.4 Å². The maximum Gasteiger partial charge on any atom is 0.323 e. The zero-order chi connectivity index (χ0) is 15.5. The average molecular weight is 316 g/mol. The van der Waals surface area contributed by atoms with Crippen molar-refractivity contribution in [2.45, 2.75) is 19.0 Å². The summed E-state index contributed by atoms with van der Waals surface area (Å²) in [7, 11) is -3.20. The van der Waals surface area contributed by atoms with E-state index in [4.69, 9.17) is 5.11 Å². The first kappa shape index (κ1) is 15.3. The van der Waals surface area contributed by atoms with Crippen molar-refractivity contribution in [1.82, 2.24) is 20.4 Å². The Bertz CT molecular complexity index is 613. The van der Waals surface area contributed by atoms with Gasteiger partial charge < -0.3 is 15.3 Å². The molecule has 2 heterocycles. The summed E-state index contributed by atoms with van der Waals surface area (Å²) in [4.78, 5) is 24.0. The van der Waals surface area contributed by atoms with E-state index >= 15 is 0 Å². The topological polar surface area (TPSA) is 132 Å². The molecule has 1 fully saturated rings. The van der Waals surface area contributed by atoms with Gasteiger partial charge in [0, 0.05) is 24.3 Å². The number of aromatic nitrogens is 2. The number of H-pyrrole nitrogens is 1. The van der Waals surface area contributed by atoms with Gasteiger partial charge in [-0.3, -0.25) is 9.89 Å². The fourth-order valence-electron chi connectivity index (χ4n) is 2.19. The fourth-order valence-corrected chi connectivity index (χ4v) is 3.92. The van der Waals surface area contributed by atoms with Gasteiger partial charge in [-0.25, -0.2) is 13.2 Å². The van der Waals surface area contributed by atoms with E-state index < -0.39 is 34.4 Å². The van der Waals surface area contributed by atoms with Crippen molar-refractivity contribution in [2.75, 3.05) is 18.1 Å². The van der Waals surface area contributed by atoms with Crippen LogP contribution in [0.2, 0.25) is 0 Å². The summed E-state index contributed by atoms with van der Waals surface area (Å²) in [5.74, 6) is -1.40. The average Bonchev–Trinajstić information content (AvgIpc) is 3.02. The molecule has 0 aromatic carbocycles. The molecule has 2 amide bonds. The van der Waals surface area contributed by atoms with Gasteiger partial charge in [0.2, 0.25) is 0 Å². The van der Waals surface area contributed by atoms with Gasteiger partial charge in [-0.1, -0.05) is 0 Å². The molecule has 2 rings (SSSR count). The third kappa shape index (κ3) is 4.18. The highest BCUT2D eigenvalue weighted by Gasteiger charge is 2.35. The number of nitrogens with zero attached hydrogens (tertiary/aromatic N) is 2. The van der Waals surface area contributed by atoms with E-state index in [0.29, 0.717) is 0 Å². The van der Waals surface area contributed by atoms with Gasteiger partial charge in [0.25, 0.3) is 0 Å². The number of rotatable bonds is 5. The van der Waals surface area contributed by atoms with Gasteiger partial charge in [0.05, 0.1) is 17.7 Å². The molecule has 9 nitrogen and oxygen atoms in total. The highest BCUT2D eigenvalue weighted by Crippen LogP contribution is 2.17. The predicted molar refractivity (Wildman–Crippen MR) is 72.2 cm³/mol. The van der Waals surface area contributed by atoms with E-state index in [-0.39, 0.29) is 24.5 Å². The van der Waals surface area contributed by atoms with E-state index in [1.807, 2.05) is 0 Å². The monoisotopic (exact) mass is 316 g/mol. The Hall–Kier alpha value is -2.10. The number of carbonyl (C=O) groups is 2. The molecule has 1 aromatic rings. The molecule has 0 saturated carbocycles. The van der Waals surface area contributed by atoms with Crippen molar-refractivity contribution in [3.05, 3.63) is 18.0 Å². The van der Waals surface area contributed by atoms with Gasteiger partial charge in [-0.05, 0) is 6.42 Å². The SMILES string of the molecule is O=C(O)CN(C(=O)NCc1cn[nH]c1)C1CCS(=O)(=O)C1. The molecule has 0 spiro atoms. The minimum atomic E-state index is -3.20. The largest absolute Gasteiger partial charge is 0.480 e. The van der Waals surface area contributed by atoms with E-state index in [2.05, 4.69) is 15.5 Å². The van der Waals surface area contributed by atoms with Crippen molar-refractivity contribution in [2.24, 2.45) is 0 Å². The molecule has 21 heavy (non-hydrogen) atoms. The first-order valence-corrected chi connectivity index (χ1v) is 8.14. The van der Waals surface area contributed by atoms with Crippen LogP contribution in [-0.2, 0) is 21.2 Å². The summed E-state index contributed by atoms with van der Waals surface area (Å²) in [5.41, 5.74) is 0.734. The summed E-state index contributed by atoms with van der Waals surface area (Å²) >= 11 is 0. The van der Waals surface area contributed by atoms with E-state index in [0.717, 1.165) is 10.5 Å². The molecule has 3 N–H and O–H groups in total. The lowest BCUT2D eigenvalue weighted by Crippen LogP contribution is -2.48. The summed E-state index contributed by atoms with van der Waals surface area (Å²) in [5, 5.41) is 17.8. The number of sulfone groups is 1. The lowest BCUT2D eigenvalue weighted by atomic mass is 10.2. The maximum absolute atomic E-state index is 12.1. The molecule has 1 aromatic heterocycles. The van der Waals surface area contributed by atoms with Crippen LogP contribution in [0, 0.1) is 0 Å². The predicted octanol–water partition coefficient (Wildman–Crippen LogP) is -0.807. The highest BCUT2D eigenvalue weighted by atomic mass is 32.2. The number of nitrogens with one attached hydrogen (secondary N) is 2. The molecular weight excluding hydrogens is 300 g/mol. The highest BCUT2D eigenvalue weighted by molar-refractivity contribution is 7.91. The lowest BCUT2D eigenvalue weighted by Gasteiger charge is -2.26. The Morgan fingerprint density at radius 3 is 2.81 bits per heavy atom. The van der Waals surface area contributed by atoms with Crippen LogP contribution in [0.25, 0.3) is 0 Å². The minimum absolute atomic E-state index is 0.0250. The normalized spacial score (nSPS) is 20.1. The molecule has 116 valence electrons. The Labute approximate surface area is 121 Å². The summed E-state index contributed by atoms with van der Waals surface area (Å²) in [6.45, 7) is -0.345. The molecule has 1 unspecified atom stereocenters. The maximum atomic E-state index is 12.1. The van der Waals surface area contributed by atoms with Crippen molar-refractivity contribution in [3.63, 3.8) is 0 Å². The molecule has 1 saturated heterocycles. The van der Waals surface area contributed by atoms with Crippen LogP contribution in [-0.4, -0.2) is 64.7 Å². The van der Waals surface area contributed by atoms with Crippen molar-refractivity contribution in [3.8, 4) is 0 Å². The number of aliphatic carboxylic acids is 1. The number of carboxylic acids is 1. The van der Waals surface area contributed by atoms with Crippen molar-refractivity contribution < 1.29 is 23.1 Å². The second-order valence-electron chi connectivity index (χ2n) is 4.84. The molecular formula is C11H16N4O5S. The van der Waals surface area contributed by atoms with Crippen LogP contribution in [0.1, 0.15) is 12.0 Å². The number of aromatic amines is 1. The van der Waals surface area contributed by atoms with Crippen LogP contribution in [0.4, 0.5) is 4.79 Å². The van der Waals surface area contributed by atoms with Gasteiger partial charge in [0.15, 0.2) is 9.84 Å². The Morgan fingerprint density at radius 1 is 1.52 bits per heavy atom. The second-order valence-corrected chi connectivity index (χ2v) is 7.07.